The molecule has 3 rings (SSSR count). The van der Waals surface area contributed by atoms with Crippen molar-refractivity contribution in [2.24, 2.45) is 0 Å². The molecule has 0 saturated heterocycles. The lowest BCUT2D eigenvalue weighted by molar-refractivity contribution is 0.608. The maximum Gasteiger partial charge on any atom is 0.128 e. The van der Waals surface area contributed by atoms with E-state index in [1.807, 2.05) is 30.1 Å². The van der Waals surface area contributed by atoms with E-state index >= 15 is 0 Å². The van der Waals surface area contributed by atoms with Crippen LogP contribution in [0.5, 0.6) is 0 Å². The molecule has 0 aliphatic heterocycles. The van der Waals surface area contributed by atoms with Gasteiger partial charge in [-0.15, -0.1) is 0 Å². The SMILES string of the molecule is CN(Cc1ccccc1F)c1ccnc2cc(Br)cnc12. The zero-order chi connectivity index (χ0) is 14.8. The number of hydrogen-bond acceptors (Lipinski definition) is 3. The van der Waals surface area contributed by atoms with Crippen molar-refractivity contribution in [2.45, 2.75) is 6.54 Å². The Morgan fingerprint density at radius 2 is 2.00 bits per heavy atom. The molecule has 1 aromatic carbocycles. The standard InChI is InChI=1S/C16H13BrFN3/c1-21(10-11-4-2-3-5-13(11)18)15-6-7-19-14-8-12(17)9-20-16(14)15/h2-9H,10H2,1H3. The Labute approximate surface area is 130 Å². The molecule has 0 unspecified atom stereocenters. The Kier molecular flexibility index (Phi) is 3.84. The predicted octanol–water partition coefficient (Wildman–Crippen LogP) is 4.17. The number of pyridine rings is 2. The second-order valence-electron chi connectivity index (χ2n) is 4.80. The number of anilines is 1. The fourth-order valence-electron chi connectivity index (χ4n) is 2.27. The largest absolute Gasteiger partial charge is 0.368 e. The minimum Gasteiger partial charge on any atom is -0.368 e. The van der Waals surface area contributed by atoms with Gasteiger partial charge in [0.1, 0.15) is 11.3 Å². The molecule has 21 heavy (non-hydrogen) atoms. The van der Waals surface area contributed by atoms with Crippen LogP contribution in [-0.4, -0.2) is 17.0 Å². The molecule has 3 nitrogen and oxygen atoms in total. The molecule has 2 aromatic heterocycles. The Hall–Kier alpha value is -2.01. The molecule has 0 fully saturated rings. The van der Waals surface area contributed by atoms with Crippen LogP contribution in [0, 0.1) is 5.82 Å². The highest BCUT2D eigenvalue weighted by Gasteiger charge is 2.10. The van der Waals surface area contributed by atoms with E-state index in [1.54, 1.807) is 24.5 Å². The number of halogens is 2. The van der Waals surface area contributed by atoms with E-state index in [2.05, 4.69) is 25.9 Å². The van der Waals surface area contributed by atoms with E-state index in [0.717, 1.165) is 21.2 Å². The Balaban J connectivity index is 1.98. The lowest BCUT2D eigenvalue weighted by Gasteiger charge is -2.20. The molecule has 0 aliphatic carbocycles. The molecule has 0 atom stereocenters. The van der Waals surface area contributed by atoms with Crippen LogP contribution in [0.2, 0.25) is 0 Å². The summed E-state index contributed by atoms with van der Waals surface area (Å²) in [6, 6.07) is 10.6. The molecule has 0 saturated carbocycles. The maximum absolute atomic E-state index is 13.8. The van der Waals surface area contributed by atoms with Gasteiger partial charge >= 0.3 is 0 Å². The van der Waals surface area contributed by atoms with Crippen LogP contribution >= 0.6 is 15.9 Å². The molecule has 2 heterocycles. The van der Waals surface area contributed by atoms with Crippen molar-refractivity contribution in [1.82, 2.24) is 9.97 Å². The van der Waals surface area contributed by atoms with Gasteiger partial charge in [-0.25, -0.2) is 4.39 Å². The molecular weight excluding hydrogens is 333 g/mol. The number of nitrogens with zero attached hydrogens (tertiary/aromatic N) is 3. The van der Waals surface area contributed by atoms with Crippen LogP contribution in [0.15, 0.2) is 53.3 Å². The normalized spacial score (nSPS) is 10.8. The van der Waals surface area contributed by atoms with Crippen molar-refractivity contribution in [3.63, 3.8) is 0 Å². The number of aromatic nitrogens is 2. The van der Waals surface area contributed by atoms with Gasteiger partial charge in [0, 0.05) is 36.0 Å². The third-order valence-corrected chi connectivity index (χ3v) is 3.73. The minimum absolute atomic E-state index is 0.196. The summed E-state index contributed by atoms with van der Waals surface area (Å²) in [5.41, 5.74) is 3.19. The van der Waals surface area contributed by atoms with Gasteiger partial charge in [-0.2, -0.15) is 0 Å². The lowest BCUT2D eigenvalue weighted by atomic mass is 10.2. The van der Waals surface area contributed by atoms with Crippen LogP contribution in [0.3, 0.4) is 0 Å². The molecule has 106 valence electrons. The highest BCUT2D eigenvalue weighted by molar-refractivity contribution is 9.10. The number of fused-ring (bicyclic) bond motifs is 1. The number of rotatable bonds is 3. The highest BCUT2D eigenvalue weighted by Crippen LogP contribution is 2.25. The van der Waals surface area contributed by atoms with Gasteiger partial charge in [0.2, 0.25) is 0 Å². The summed E-state index contributed by atoms with van der Waals surface area (Å²) in [7, 11) is 1.92. The first kappa shape index (κ1) is 13.9. The van der Waals surface area contributed by atoms with Gasteiger partial charge in [0.05, 0.1) is 11.2 Å². The molecule has 0 N–H and O–H groups in total. The highest BCUT2D eigenvalue weighted by atomic mass is 79.9. The molecule has 5 heteroatoms. The summed E-state index contributed by atoms with van der Waals surface area (Å²) in [6.45, 7) is 0.476. The van der Waals surface area contributed by atoms with Gasteiger partial charge in [-0.3, -0.25) is 9.97 Å². The Morgan fingerprint density at radius 1 is 1.19 bits per heavy atom. The Morgan fingerprint density at radius 3 is 2.81 bits per heavy atom. The fourth-order valence-corrected chi connectivity index (χ4v) is 2.59. The second-order valence-corrected chi connectivity index (χ2v) is 5.71. The van der Waals surface area contributed by atoms with Crippen molar-refractivity contribution < 1.29 is 4.39 Å². The summed E-state index contributed by atoms with van der Waals surface area (Å²) in [4.78, 5) is 10.7. The lowest BCUT2D eigenvalue weighted by Crippen LogP contribution is -2.18. The average Bonchev–Trinajstić information content (AvgIpc) is 2.48. The van der Waals surface area contributed by atoms with Gasteiger partial charge in [0.25, 0.3) is 0 Å². The van der Waals surface area contributed by atoms with Gasteiger partial charge < -0.3 is 4.90 Å². The molecule has 0 bridgehead atoms. The maximum atomic E-state index is 13.8. The molecule has 0 radical (unpaired) electrons. The Bertz CT molecular complexity index is 791. The summed E-state index contributed by atoms with van der Waals surface area (Å²) in [5, 5.41) is 0. The second kappa shape index (κ2) is 5.77. The van der Waals surface area contributed by atoms with E-state index in [4.69, 9.17) is 0 Å². The average molecular weight is 346 g/mol. The van der Waals surface area contributed by atoms with Crippen molar-refractivity contribution in [3.8, 4) is 0 Å². The van der Waals surface area contributed by atoms with Crippen molar-refractivity contribution >= 4 is 32.7 Å². The first-order valence-electron chi connectivity index (χ1n) is 6.50. The summed E-state index contributed by atoms with van der Waals surface area (Å²) >= 11 is 3.39. The molecule has 3 aromatic rings. The number of benzene rings is 1. The third-order valence-electron chi connectivity index (χ3n) is 3.30. The summed E-state index contributed by atoms with van der Waals surface area (Å²) < 4.78 is 14.7. The van der Waals surface area contributed by atoms with E-state index < -0.39 is 0 Å². The van der Waals surface area contributed by atoms with E-state index in [1.165, 1.54) is 6.07 Å². The van der Waals surface area contributed by atoms with Gasteiger partial charge in [0.15, 0.2) is 0 Å². The zero-order valence-electron chi connectivity index (χ0n) is 11.4. The first-order valence-corrected chi connectivity index (χ1v) is 7.29. The van der Waals surface area contributed by atoms with Crippen LogP contribution in [0.4, 0.5) is 10.1 Å². The molecule has 0 spiro atoms. The van der Waals surface area contributed by atoms with Crippen LogP contribution < -0.4 is 4.90 Å². The quantitative estimate of drug-likeness (QED) is 0.713. The van der Waals surface area contributed by atoms with E-state index in [0.29, 0.717) is 12.1 Å². The molecule has 0 amide bonds. The monoisotopic (exact) mass is 345 g/mol. The third kappa shape index (κ3) is 2.88. The van der Waals surface area contributed by atoms with E-state index in [-0.39, 0.29) is 5.82 Å². The molecular formula is C16H13BrFN3. The van der Waals surface area contributed by atoms with Crippen molar-refractivity contribution in [2.75, 3.05) is 11.9 Å². The van der Waals surface area contributed by atoms with Gasteiger partial charge in [-0.1, -0.05) is 18.2 Å². The van der Waals surface area contributed by atoms with E-state index in [9.17, 15) is 4.39 Å². The van der Waals surface area contributed by atoms with Gasteiger partial charge in [-0.05, 0) is 34.1 Å². The summed E-state index contributed by atoms with van der Waals surface area (Å²) in [6.07, 6.45) is 3.48. The number of hydrogen-bond donors (Lipinski definition) is 0. The first-order chi connectivity index (χ1) is 10.1. The molecule has 0 aliphatic rings. The minimum atomic E-state index is -0.196. The van der Waals surface area contributed by atoms with Crippen molar-refractivity contribution in [1.29, 1.82) is 0 Å². The smallest absolute Gasteiger partial charge is 0.128 e. The topological polar surface area (TPSA) is 29.0 Å². The predicted molar refractivity (Wildman–Crippen MR) is 85.7 cm³/mol. The zero-order valence-corrected chi connectivity index (χ0v) is 13.0. The fraction of sp³-hybridized carbons (Fsp3) is 0.125. The van der Waals surface area contributed by atoms with Crippen molar-refractivity contribution in [3.05, 3.63) is 64.6 Å². The van der Waals surface area contributed by atoms with Crippen LogP contribution in [-0.2, 0) is 6.54 Å². The summed E-state index contributed by atoms with van der Waals surface area (Å²) in [5.74, 6) is -0.196. The van der Waals surface area contributed by atoms with Crippen LogP contribution in [0.25, 0.3) is 11.0 Å². The van der Waals surface area contributed by atoms with Crippen LogP contribution in [0.1, 0.15) is 5.56 Å².